The minimum Gasteiger partial charge on any atom is -0.504 e. The summed E-state index contributed by atoms with van der Waals surface area (Å²) in [6, 6.07) is 3.67. The molecule has 3 aliphatic rings. The Morgan fingerprint density at radius 1 is 1.14 bits per heavy atom. The van der Waals surface area contributed by atoms with Gasteiger partial charge in [0.2, 0.25) is 0 Å². The van der Waals surface area contributed by atoms with Crippen LogP contribution in [0.4, 0.5) is 0 Å². The van der Waals surface area contributed by atoms with Gasteiger partial charge in [-0.3, -0.25) is 9.59 Å². The van der Waals surface area contributed by atoms with Gasteiger partial charge >= 0.3 is 11.9 Å². The van der Waals surface area contributed by atoms with Crippen molar-refractivity contribution >= 4 is 11.9 Å². The summed E-state index contributed by atoms with van der Waals surface area (Å²) >= 11 is 0. The first-order chi connectivity index (χ1) is 13.2. The summed E-state index contributed by atoms with van der Waals surface area (Å²) < 4.78 is 11.0. The topological polar surface area (TPSA) is 72.8 Å². The number of phenols is 1. The molecular weight excluding hydrogens is 356 g/mol. The zero-order valence-corrected chi connectivity index (χ0v) is 17.2. The van der Waals surface area contributed by atoms with Gasteiger partial charge in [-0.15, -0.1) is 0 Å². The van der Waals surface area contributed by atoms with Crippen LogP contribution < -0.4 is 4.74 Å². The number of phenolic OH excluding ortho intramolecular Hbond substituents is 1. The van der Waals surface area contributed by atoms with Crippen LogP contribution in [0.3, 0.4) is 0 Å². The van der Waals surface area contributed by atoms with E-state index in [4.69, 9.17) is 9.47 Å². The number of aromatic hydroxyl groups is 1. The molecule has 152 valence electrons. The number of fused-ring (bicyclic) bond motifs is 5. The zero-order chi connectivity index (χ0) is 20.2. The quantitative estimate of drug-likeness (QED) is 0.604. The number of hydrogen-bond donors (Lipinski definition) is 1. The Labute approximate surface area is 166 Å². The summed E-state index contributed by atoms with van der Waals surface area (Å²) in [5.41, 5.74) is 2.42. The van der Waals surface area contributed by atoms with Crippen LogP contribution in [-0.2, 0) is 20.7 Å². The van der Waals surface area contributed by atoms with Crippen LogP contribution in [0.25, 0.3) is 0 Å². The summed E-state index contributed by atoms with van der Waals surface area (Å²) in [4.78, 5) is 23.0. The molecule has 0 aromatic heterocycles. The van der Waals surface area contributed by atoms with Crippen molar-refractivity contribution in [1.29, 1.82) is 0 Å². The monoisotopic (exact) mass is 386 g/mol. The van der Waals surface area contributed by atoms with Crippen LogP contribution in [-0.4, -0.2) is 23.1 Å². The van der Waals surface area contributed by atoms with Crippen LogP contribution in [0.1, 0.15) is 70.4 Å². The molecule has 0 radical (unpaired) electrons. The van der Waals surface area contributed by atoms with E-state index in [2.05, 4.69) is 13.8 Å². The standard InChI is InChI=1S/C23H30O5/c1-12-9-15-10-19(26)20(27-13(2)24)11-17(15)16-7-8-23(4)18(22(12)16)5-6-21(23)28-14(3)25/h10-12,16,18,21-22,26H,5-9H2,1-4H3/t12-,16-,18+,21+,22-,23+/m1/s1. The summed E-state index contributed by atoms with van der Waals surface area (Å²) in [6.45, 7) is 7.47. The Bertz CT molecular complexity index is 815. The van der Waals surface area contributed by atoms with Gasteiger partial charge in [0, 0.05) is 19.3 Å². The van der Waals surface area contributed by atoms with E-state index in [1.807, 2.05) is 6.07 Å². The van der Waals surface area contributed by atoms with Crippen molar-refractivity contribution in [3.8, 4) is 11.5 Å². The fourth-order valence-electron chi connectivity index (χ4n) is 6.57. The molecule has 0 unspecified atom stereocenters. The van der Waals surface area contributed by atoms with Gasteiger partial charge in [0.05, 0.1) is 0 Å². The van der Waals surface area contributed by atoms with Crippen molar-refractivity contribution in [3.63, 3.8) is 0 Å². The first-order valence-electron chi connectivity index (χ1n) is 10.4. The first kappa shape index (κ1) is 19.3. The molecule has 3 aliphatic carbocycles. The fraction of sp³-hybridized carbons (Fsp3) is 0.652. The van der Waals surface area contributed by atoms with Gasteiger partial charge < -0.3 is 14.6 Å². The SMILES string of the molecule is CC(=O)Oc1cc2c(cc1O)C[C@@H](C)[C@@H]1[C@@H]2CC[C@]2(C)[C@@H](OC(C)=O)CC[C@@H]12. The molecule has 0 spiro atoms. The lowest BCUT2D eigenvalue weighted by molar-refractivity contribution is -0.155. The van der Waals surface area contributed by atoms with Crippen molar-refractivity contribution in [2.24, 2.45) is 23.2 Å². The van der Waals surface area contributed by atoms with Crippen LogP contribution in [0.15, 0.2) is 12.1 Å². The second kappa shape index (κ2) is 6.78. The van der Waals surface area contributed by atoms with E-state index in [0.29, 0.717) is 23.7 Å². The predicted octanol–water partition coefficient (Wildman–Crippen LogP) is 4.35. The highest BCUT2D eigenvalue weighted by Crippen LogP contribution is 2.63. The van der Waals surface area contributed by atoms with E-state index >= 15 is 0 Å². The molecular formula is C23H30O5. The van der Waals surface area contributed by atoms with Crippen LogP contribution >= 0.6 is 0 Å². The second-order valence-electron chi connectivity index (χ2n) is 9.30. The lowest BCUT2D eigenvalue weighted by Gasteiger charge is -2.52. The van der Waals surface area contributed by atoms with E-state index < -0.39 is 5.97 Å². The van der Waals surface area contributed by atoms with Gasteiger partial charge in [0.1, 0.15) is 6.10 Å². The highest BCUT2D eigenvalue weighted by Gasteiger charge is 2.57. The number of carbonyl (C=O) groups excluding carboxylic acids is 2. The smallest absolute Gasteiger partial charge is 0.308 e. The molecule has 0 bridgehead atoms. The van der Waals surface area contributed by atoms with Crippen LogP contribution in [0.5, 0.6) is 11.5 Å². The summed E-state index contributed by atoms with van der Waals surface area (Å²) in [5, 5.41) is 10.3. The molecule has 0 amide bonds. The molecule has 6 atom stereocenters. The first-order valence-corrected chi connectivity index (χ1v) is 10.4. The Kier molecular flexibility index (Phi) is 4.67. The van der Waals surface area contributed by atoms with E-state index in [1.54, 1.807) is 6.07 Å². The number of rotatable bonds is 2. The van der Waals surface area contributed by atoms with Gasteiger partial charge in [-0.05, 0) is 79.0 Å². The average molecular weight is 386 g/mol. The molecule has 1 aromatic rings. The molecule has 1 aromatic carbocycles. The minimum absolute atomic E-state index is 0.0148. The summed E-state index contributed by atoms with van der Waals surface area (Å²) in [6.07, 6.45) is 5.00. The fourth-order valence-corrected chi connectivity index (χ4v) is 6.57. The molecule has 0 heterocycles. The average Bonchev–Trinajstić information content (AvgIpc) is 2.91. The molecule has 2 fully saturated rings. The third-order valence-electron chi connectivity index (χ3n) is 7.63. The Morgan fingerprint density at radius 2 is 1.89 bits per heavy atom. The van der Waals surface area contributed by atoms with Gasteiger partial charge in [-0.2, -0.15) is 0 Å². The maximum Gasteiger partial charge on any atom is 0.308 e. The van der Waals surface area contributed by atoms with Crippen molar-refractivity contribution in [1.82, 2.24) is 0 Å². The number of esters is 2. The molecule has 5 nitrogen and oxygen atoms in total. The number of ether oxygens (including phenoxy) is 2. The molecule has 2 saturated carbocycles. The lowest BCUT2D eigenvalue weighted by Crippen LogP contribution is -2.47. The van der Waals surface area contributed by atoms with Gasteiger partial charge in [-0.1, -0.05) is 13.8 Å². The summed E-state index contributed by atoms with van der Waals surface area (Å²) in [7, 11) is 0. The van der Waals surface area contributed by atoms with E-state index in [1.165, 1.54) is 25.0 Å². The normalized spacial score (nSPS) is 36.1. The molecule has 5 heteroatoms. The largest absolute Gasteiger partial charge is 0.504 e. The van der Waals surface area contributed by atoms with Gasteiger partial charge in [0.15, 0.2) is 11.5 Å². The number of benzene rings is 1. The summed E-state index contributed by atoms with van der Waals surface area (Å²) in [5.74, 6) is 1.61. The third-order valence-corrected chi connectivity index (χ3v) is 7.63. The van der Waals surface area contributed by atoms with Crippen LogP contribution in [0.2, 0.25) is 0 Å². The number of hydrogen-bond acceptors (Lipinski definition) is 5. The Hall–Kier alpha value is -2.04. The van der Waals surface area contributed by atoms with E-state index in [0.717, 1.165) is 32.1 Å². The number of carbonyl (C=O) groups is 2. The molecule has 4 rings (SSSR count). The minimum atomic E-state index is -0.424. The van der Waals surface area contributed by atoms with E-state index in [-0.39, 0.29) is 29.0 Å². The molecule has 28 heavy (non-hydrogen) atoms. The Morgan fingerprint density at radius 3 is 2.57 bits per heavy atom. The van der Waals surface area contributed by atoms with Crippen molar-refractivity contribution in [3.05, 3.63) is 23.3 Å². The van der Waals surface area contributed by atoms with Crippen molar-refractivity contribution in [2.45, 2.75) is 71.8 Å². The van der Waals surface area contributed by atoms with Gasteiger partial charge in [0.25, 0.3) is 0 Å². The second-order valence-corrected chi connectivity index (χ2v) is 9.30. The van der Waals surface area contributed by atoms with Crippen molar-refractivity contribution in [2.75, 3.05) is 0 Å². The lowest BCUT2D eigenvalue weighted by atomic mass is 9.53. The maximum absolute atomic E-state index is 11.6. The highest BCUT2D eigenvalue weighted by atomic mass is 16.5. The molecule has 0 aliphatic heterocycles. The predicted molar refractivity (Wildman–Crippen MR) is 104 cm³/mol. The van der Waals surface area contributed by atoms with Crippen LogP contribution in [0, 0.1) is 23.2 Å². The molecule has 1 N–H and O–H groups in total. The van der Waals surface area contributed by atoms with Crippen molar-refractivity contribution < 1.29 is 24.2 Å². The van der Waals surface area contributed by atoms with E-state index in [9.17, 15) is 14.7 Å². The third kappa shape index (κ3) is 2.99. The maximum atomic E-state index is 11.6. The Balaban J connectivity index is 1.69. The highest BCUT2D eigenvalue weighted by molar-refractivity contribution is 5.70. The molecule has 0 saturated heterocycles. The van der Waals surface area contributed by atoms with Gasteiger partial charge in [-0.25, -0.2) is 0 Å². The zero-order valence-electron chi connectivity index (χ0n) is 17.2.